The van der Waals surface area contributed by atoms with Gasteiger partial charge in [-0.05, 0) is 61.4 Å². The number of benzene rings is 2. The predicted octanol–water partition coefficient (Wildman–Crippen LogP) is 4.10. The van der Waals surface area contributed by atoms with Crippen molar-refractivity contribution < 1.29 is 13.2 Å². The van der Waals surface area contributed by atoms with E-state index in [0.717, 1.165) is 11.3 Å². The van der Waals surface area contributed by atoms with E-state index in [1.54, 1.807) is 12.1 Å². The first-order valence-corrected chi connectivity index (χ1v) is 10.9. The summed E-state index contributed by atoms with van der Waals surface area (Å²) in [6, 6.07) is 11.8. The van der Waals surface area contributed by atoms with Crippen LogP contribution in [-0.2, 0) is 14.6 Å². The standard InChI is InChI=1S/C18H20ClNO3S2/c1-13-3-6-16(11-14(13)2)20-18(21)12-24-9-10-25(22,23)17-7-4-15(19)5-8-17/h3-8,11H,9-10,12H2,1-2H3,(H,20,21). The van der Waals surface area contributed by atoms with E-state index in [0.29, 0.717) is 10.8 Å². The van der Waals surface area contributed by atoms with Crippen LogP contribution in [0.2, 0.25) is 5.02 Å². The summed E-state index contributed by atoms with van der Waals surface area (Å²) in [7, 11) is -3.36. The van der Waals surface area contributed by atoms with Crippen molar-refractivity contribution in [1.29, 1.82) is 0 Å². The lowest BCUT2D eigenvalue weighted by Crippen LogP contribution is -2.16. The molecule has 0 unspecified atom stereocenters. The van der Waals surface area contributed by atoms with Crippen LogP contribution in [0.4, 0.5) is 5.69 Å². The molecule has 4 nitrogen and oxygen atoms in total. The maximum absolute atomic E-state index is 12.2. The van der Waals surface area contributed by atoms with Crippen LogP contribution in [0.5, 0.6) is 0 Å². The highest BCUT2D eigenvalue weighted by Gasteiger charge is 2.14. The largest absolute Gasteiger partial charge is 0.325 e. The van der Waals surface area contributed by atoms with Crippen LogP contribution in [0.15, 0.2) is 47.4 Å². The van der Waals surface area contributed by atoms with Gasteiger partial charge in [0.15, 0.2) is 9.84 Å². The highest BCUT2D eigenvalue weighted by molar-refractivity contribution is 8.01. The van der Waals surface area contributed by atoms with Gasteiger partial charge in [-0.2, -0.15) is 11.8 Å². The van der Waals surface area contributed by atoms with Crippen molar-refractivity contribution in [3.8, 4) is 0 Å². The zero-order valence-electron chi connectivity index (χ0n) is 14.1. The number of aryl methyl sites for hydroxylation is 2. The number of halogens is 1. The van der Waals surface area contributed by atoms with Crippen molar-refractivity contribution in [3.05, 3.63) is 58.6 Å². The highest BCUT2D eigenvalue weighted by Crippen LogP contribution is 2.17. The fourth-order valence-electron chi connectivity index (χ4n) is 2.11. The van der Waals surface area contributed by atoms with Crippen LogP contribution in [-0.4, -0.2) is 31.6 Å². The van der Waals surface area contributed by atoms with Crippen molar-refractivity contribution in [3.63, 3.8) is 0 Å². The van der Waals surface area contributed by atoms with Gasteiger partial charge in [-0.1, -0.05) is 17.7 Å². The highest BCUT2D eigenvalue weighted by atomic mass is 35.5. The average Bonchev–Trinajstić information content (AvgIpc) is 2.55. The molecule has 0 heterocycles. The fourth-order valence-corrected chi connectivity index (χ4v) is 4.77. The smallest absolute Gasteiger partial charge is 0.234 e. The van der Waals surface area contributed by atoms with E-state index in [2.05, 4.69) is 5.32 Å². The summed E-state index contributed by atoms with van der Waals surface area (Å²) >= 11 is 7.06. The third kappa shape index (κ3) is 6.06. The first-order chi connectivity index (χ1) is 11.8. The van der Waals surface area contributed by atoms with Gasteiger partial charge in [-0.3, -0.25) is 4.79 Å². The SMILES string of the molecule is Cc1ccc(NC(=O)CSCCS(=O)(=O)c2ccc(Cl)cc2)cc1C. The number of rotatable bonds is 7. The van der Waals surface area contributed by atoms with Gasteiger partial charge in [0.05, 0.1) is 16.4 Å². The second-order valence-electron chi connectivity index (χ2n) is 5.67. The Bertz CT molecular complexity index is 849. The number of carbonyl (C=O) groups is 1. The Morgan fingerprint density at radius 3 is 2.40 bits per heavy atom. The molecule has 0 radical (unpaired) electrons. The van der Waals surface area contributed by atoms with Crippen LogP contribution in [0, 0.1) is 13.8 Å². The van der Waals surface area contributed by atoms with Crippen molar-refractivity contribution in [1.82, 2.24) is 0 Å². The van der Waals surface area contributed by atoms with Crippen LogP contribution in [0.1, 0.15) is 11.1 Å². The maximum atomic E-state index is 12.2. The quantitative estimate of drug-likeness (QED) is 0.714. The Hall–Kier alpha value is -1.50. The van der Waals surface area contributed by atoms with Crippen LogP contribution in [0.25, 0.3) is 0 Å². The second kappa shape index (κ2) is 8.74. The van der Waals surface area contributed by atoms with Crippen molar-refractivity contribution in [2.45, 2.75) is 18.7 Å². The van der Waals surface area contributed by atoms with Gasteiger partial charge in [0.1, 0.15) is 0 Å². The molecule has 0 saturated heterocycles. The molecule has 25 heavy (non-hydrogen) atoms. The Kier molecular flexibility index (Phi) is 6.93. The van der Waals surface area contributed by atoms with Crippen LogP contribution in [0.3, 0.4) is 0 Å². The summed E-state index contributed by atoms with van der Waals surface area (Å²) in [5.74, 6) is 0.405. The normalized spacial score (nSPS) is 11.3. The molecule has 2 rings (SSSR count). The van der Waals surface area contributed by atoms with Gasteiger partial charge in [0.25, 0.3) is 0 Å². The lowest BCUT2D eigenvalue weighted by Gasteiger charge is -2.08. The summed E-state index contributed by atoms with van der Waals surface area (Å²) in [4.78, 5) is 12.2. The molecule has 134 valence electrons. The Morgan fingerprint density at radius 1 is 1.08 bits per heavy atom. The summed E-state index contributed by atoms with van der Waals surface area (Å²) in [6.07, 6.45) is 0. The molecule has 0 spiro atoms. The molecule has 7 heteroatoms. The fraction of sp³-hybridized carbons (Fsp3) is 0.278. The maximum Gasteiger partial charge on any atom is 0.234 e. The zero-order valence-corrected chi connectivity index (χ0v) is 16.5. The van der Waals surface area contributed by atoms with Crippen LogP contribution >= 0.6 is 23.4 Å². The number of carbonyl (C=O) groups excluding carboxylic acids is 1. The second-order valence-corrected chi connectivity index (χ2v) is 9.32. The predicted molar refractivity (Wildman–Crippen MR) is 105 cm³/mol. The summed E-state index contributed by atoms with van der Waals surface area (Å²) < 4.78 is 24.4. The van der Waals surface area contributed by atoms with Gasteiger partial charge in [0.2, 0.25) is 5.91 Å². The first-order valence-electron chi connectivity index (χ1n) is 7.71. The lowest BCUT2D eigenvalue weighted by atomic mass is 10.1. The molecule has 0 aliphatic carbocycles. The molecular formula is C18H20ClNO3S2. The molecule has 2 aromatic carbocycles. The molecule has 0 fully saturated rings. The van der Waals surface area contributed by atoms with E-state index in [9.17, 15) is 13.2 Å². The van der Waals surface area contributed by atoms with E-state index in [-0.39, 0.29) is 22.3 Å². The molecule has 0 aromatic heterocycles. The van der Waals surface area contributed by atoms with Crippen LogP contribution < -0.4 is 5.32 Å². The third-order valence-corrected chi connectivity index (χ3v) is 6.89. The molecule has 2 aromatic rings. The van der Waals surface area contributed by atoms with E-state index >= 15 is 0 Å². The molecule has 0 aliphatic rings. The molecule has 0 bridgehead atoms. The number of hydrogen-bond donors (Lipinski definition) is 1. The zero-order chi connectivity index (χ0) is 18.4. The number of hydrogen-bond acceptors (Lipinski definition) is 4. The van der Waals surface area contributed by atoms with E-state index < -0.39 is 9.84 Å². The number of nitrogens with one attached hydrogen (secondary N) is 1. The van der Waals surface area contributed by atoms with E-state index in [4.69, 9.17) is 11.6 Å². The molecule has 0 atom stereocenters. The van der Waals surface area contributed by atoms with Crippen molar-refractivity contribution in [2.75, 3.05) is 22.6 Å². The van der Waals surface area contributed by atoms with Gasteiger partial charge in [-0.25, -0.2) is 8.42 Å². The van der Waals surface area contributed by atoms with Crippen molar-refractivity contribution in [2.24, 2.45) is 0 Å². The Balaban J connectivity index is 1.79. The molecule has 0 saturated carbocycles. The summed E-state index contributed by atoms with van der Waals surface area (Å²) in [5.41, 5.74) is 3.03. The molecule has 1 amide bonds. The number of anilines is 1. The minimum atomic E-state index is -3.36. The topological polar surface area (TPSA) is 63.2 Å². The van der Waals surface area contributed by atoms with E-state index in [1.165, 1.54) is 29.5 Å². The minimum Gasteiger partial charge on any atom is -0.325 e. The van der Waals surface area contributed by atoms with Gasteiger partial charge in [0, 0.05) is 16.5 Å². The summed E-state index contributed by atoms with van der Waals surface area (Å²) in [5, 5.41) is 3.32. The van der Waals surface area contributed by atoms with Crippen molar-refractivity contribution >= 4 is 44.8 Å². The lowest BCUT2D eigenvalue weighted by molar-refractivity contribution is -0.113. The van der Waals surface area contributed by atoms with Gasteiger partial charge in [-0.15, -0.1) is 0 Å². The number of thioether (sulfide) groups is 1. The Morgan fingerprint density at radius 2 is 1.76 bits per heavy atom. The van der Waals surface area contributed by atoms with Gasteiger partial charge < -0.3 is 5.32 Å². The first kappa shape index (κ1) is 19.8. The number of amides is 1. The average molecular weight is 398 g/mol. The molecule has 1 N–H and O–H groups in total. The monoisotopic (exact) mass is 397 g/mol. The van der Waals surface area contributed by atoms with E-state index in [1.807, 2.05) is 32.0 Å². The summed E-state index contributed by atoms with van der Waals surface area (Å²) in [6.45, 7) is 4.00. The number of sulfone groups is 1. The molecule has 0 aliphatic heterocycles. The third-order valence-electron chi connectivity index (χ3n) is 3.69. The minimum absolute atomic E-state index is 0.0176. The van der Waals surface area contributed by atoms with Gasteiger partial charge >= 0.3 is 0 Å². The Labute approximate surface area is 157 Å². The molecular weight excluding hydrogens is 378 g/mol.